The molecule has 5 heteroatoms. The normalized spacial score (nSPS) is 10.9. The highest BCUT2D eigenvalue weighted by Crippen LogP contribution is 2.31. The van der Waals surface area contributed by atoms with Crippen molar-refractivity contribution >= 4 is 17.2 Å². The number of carbonyl (C=O) groups is 1. The van der Waals surface area contributed by atoms with Gasteiger partial charge in [0.15, 0.2) is 0 Å². The molecule has 130 valence electrons. The summed E-state index contributed by atoms with van der Waals surface area (Å²) in [7, 11) is 1.66. The van der Waals surface area contributed by atoms with E-state index in [9.17, 15) is 4.79 Å². The summed E-state index contributed by atoms with van der Waals surface area (Å²) < 4.78 is 5.20. The smallest absolute Gasteiger partial charge is 0.261 e. The van der Waals surface area contributed by atoms with Gasteiger partial charge < -0.3 is 15.0 Å². The highest BCUT2D eigenvalue weighted by Gasteiger charge is 2.13. The van der Waals surface area contributed by atoms with Crippen molar-refractivity contribution in [1.29, 1.82) is 0 Å². The van der Waals surface area contributed by atoms with Gasteiger partial charge in [-0.25, -0.2) is 0 Å². The van der Waals surface area contributed by atoms with E-state index in [4.69, 9.17) is 4.74 Å². The first-order valence-corrected chi connectivity index (χ1v) is 9.16. The first kappa shape index (κ1) is 18.5. The third-order valence-electron chi connectivity index (χ3n) is 4.15. The van der Waals surface area contributed by atoms with Crippen LogP contribution in [-0.2, 0) is 0 Å². The molecule has 0 aliphatic carbocycles. The van der Waals surface area contributed by atoms with Gasteiger partial charge in [0.1, 0.15) is 5.75 Å². The van der Waals surface area contributed by atoms with Crippen LogP contribution in [0.3, 0.4) is 0 Å². The molecule has 1 aromatic heterocycles. The lowest BCUT2D eigenvalue weighted by molar-refractivity contribution is 0.0953. The van der Waals surface area contributed by atoms with Crippen molar-refractivity contribution in [3.8, 4) is 16.9 Å². The fraction of sp³-hybridized carbons (Fsp3) is 0.421. The molecule has 0 aliphatic heterocycles. The molecule has 1 amide bonds. The first-order chi connectivity index (χ1) is 11.6. The summed E-state index contributed by atoms with van der Waals surface area (Å²) in [6, 6.07) is 9.91. The molecule has 0 fully saturated rings. The minimum atomic E-state index is 0.00928. The fourth-order valence-corrected chi connectivity index (χ4v) is 3.56. The van der Waals surface area contributed by atoms with E-state index in [1.807, 2.05) is 30.3 Å². The third-order valence-corrected chi connectivity index (χ3v) is 5.20. The second-order valence-corrected chi connectivity index (χ2v) is 6.85. The molecule has 24 heavy (non-hydrogen) atoms. The molecule has 0 saturated carbocycles. The number of hydrogen-bond donors (Lipinski definition) is 1. The molecule has 0 unspecified atom stereocenters. The summed E-state index contributed by atoms with van der Waals surface area (Å²) >= 11 is 1.54. The Bertz CT molecular complexity index is 661. The molecule has 0 atom stereocenters. The van der Waals surface area contributed by atoms with Crippen molar-refractivity contribution in [2.24, 2.45) is 0 Å². The maximum absolute atomic E-state index is 12.4. The quantitative estimate of drug-likeness (QED) is 0.790. The molecule has 1 N–H and O–H groups in total. The number of carbonyl (C=O) groups excluding carboxylic acids is 1. The van der Waals surface area contributed by atoms with Crippen LogP contribution in [0, 0.1) is 6.92 Å². The number of rotatable bonds is 8. The Hall–Kier alpha value is -1.85. The van der Waals surface area contributed by atoms with Gasteiger partial charge >= 0.3 is 0 Å². The number of ether oxygens (including phenoxy) is 1. The van der Waals surface area contributed by atoms with Crippen molar-refractivity contribution in [3.05, 3.63) is 40.1 Å². The van der Waals surface area contributed by atoms with Gasteiger partial charge in [-0.3, -0.25) is 4.79 Å². The molecule has 0 aliphatic rings. The van der Waals surface area contributed by atoms with Crippen molar-refractivity contribution < 1.29 is 9.53 Å². The Morgan fingerprint density at radius 3 is 2.46 bits per heavy atom. The standard InChI is InChI=1S/C19H26N2O2S/c1-5-21(6-2)12-11-20-19(22)18-13-17(14(3)24-18)15-7-9-16(23-4)10-8-15/h7-10,13H,5-6,11-12H2,1-4H3,(H,20,22). The van der Waals surface area contributed by atoms with Crippen LogP contribution in [0.1, 0.15) is 28.4 Å². The van der Waals surface area contributed by atoms with Gasteiger partial charge in [0.2, 0.25) is 0 Å². The molecule has 0 bridgehead atoms. The number of benzene rings is 1. The van der Waals surface area contributed by atoms with Gasteiger partial charge in [0.25, 0.3) is 5.91 Å². The zero-order valence-electron chi connectivity index (χ0n) is 14.9. The number of nitrogens with one attached hydrogen (secondary N) is 1. The van der Waals surface area contributed by atoms with Crippen molar-refractivity contribution in [2.75, 3.05) is 33.3 Å². The van der Waals surface area contributed by atoms with E-state index in [0.717, 1.165) is 46.3 Å². The monoisotopic (exact) mass is 346 g/mol. The lowest BCUT2D eigenvalue weighted by Gasteiger charge is -2.17. The predicted molar refractivity (Wildman–Crippen MR) is 101 cm³/mol. The van der Waals surface area contributed by atoms with Crippen LogP contribution >= 0.6 is 11.3 Å². The molecule has 2 aromatic rings. The minimum absolute atomic E-state index is 0.00928. The molecule has 2 rings (SSSR count). The molecule has 1 heterocycles. The number of thiophene rings is 1. The largest absolute Gasteiger partial charge is 0.497 e. The van der Waals surface area contributed by atoms with Crippen LogP contribution in [0.25, 0.3) is 11.1 Å². The van der Waals surface area contributed by atoms with Gasteiger partial charge in [0.05, 0.1) is 12.0 Å². The fourth-order valence-electron chi connectivity index (χ4n) is 2.61. The van der Waals surface area contributed by atoms with E-state index < -0.39 is 0 Å². The summed E-state index contributed by atoms with van der Waals surface area (Å²) in [5, 5.41) is 3.02. The molecule has 0 radical (unpaired) electrons. The number of likely N-dealkylation sites (N-methyl/N-ethyl adjacent to an activating group) is 1. The predicted octanol–water partition coefficient (Wildman–Crippen LogP) is 3.80. The number of aryl methyl sites for hydroxylation is 1. The Kier molecular flexibility index (Phi) is 6.82. The Balaban J connectivity index is 2.03. The maximum Gasteiger partial charge on any atom is 0.261 e. The van der Waals surface area contributed by atoms with Gasteiger partial charge in [-0.1, -0.05) is 26.0 Å². The van der Waals surface area contributed by atoms with Gasteiger partial charge in [0, 0.05) is 18.0 Å². The molecular formula is C19H26N2O2S. The zero-order chi connectivity index (χ0) is 17.5. The van der Waals surface area contributed by atoms with E-state index >= 15 is 0 Å². The lowest BCUT2D eigenvalue weighted by atomic mass is 10.1. The number of nitrogens with zero attached hydrogens (tertiary/aromatic N) is 1. The lowest BCUT2D eigenvalue weighted by Crippen LogP contribution is -2.34. The Morgan fingerprint density at radius 1 is 1.21 bits per heavy atom. The number of amides is 1. The summed E-state index contributed by atoms with van der Waals surface area (Å²) in [6.07, 6.45) is 0. The topological polar surface area (TPSA) is 41.6 Å². The van der Waals surface area contributed by atoms with Crippen LogP contribution in [0.15, 0.2) is 30.3 Å². The molecule has 4 nitrogen and oxygen atoms in total. The summed E-state index contributed by atoms with van der Waals surface area (Å²) in [5.41, 5.74) is 2.21. The van der Waals surface area contributed by atoms with E-state index in [2.05, 4.69) is 31.0 Å². The SMILES string of the molecule is CCN(CC)CCNC(=O)c1cc(-c2ccc(OC)cc2)c(C)s1. The third kappa shape index (κ3) is 4.58. The van der Waals surface area contributed by atoms with Crippen molar-refractivity contribution in [2.45, 2.75) is 20.8 Å². The van der Waals surface area contributed by atoms with E-state index in [1.54, 1.807) is 18.4 Å². The van der Waals surface area contributed by atoms with E-state index in [0.29, 0.717) is 6.54 Å². The highest BCUT2D eigenvalue weighted by molar-refractivity contribution is 7.14. The average Bonchev–Trinajstić information content (AvgIpc) is 3.00. The van der Waals surface area contributed by atoms with Crippen LogP contribution < -0.4 is 10.1 Å². The molecule has 0 spiro atoms. The Morgan fingerprint density at radius 2 is 1.88 bits per heavy atom. The number of hydrogen-bond acceptors (Lipinski definition) is 4. The van der Waals surface area contributed by atoms with Crippen LogP contribution in [-0.4, -0.2) is 44.1 Å². The summed E-state index contributed by atoms with van der Waals surface area (Å²) in [6.45, 7) is 9.89. The molecular weight excluding hydrogens is 320 g/mol. The highest BCUT2D eigenvalue weighted by atomic mass is 32.1. The van der Waals surface area contributed by atoms with Gasteiger partial charge in [-0.05, 0) is 49.3 Å². The van der Waals surface area contributed by atoms with Gasteiger partial charge in [-0.15, -0.1) is 11.3 Å². The average molecular weight is 346 g/mol. The molecule has 1 aromatic carbocycles. The van der Waals surface area contributed by atoms with Crippen LogP contribution in [0.4, 0.5) is 0 Å². The Labute approximate surface area is 148 Å². The second-order valence-electron chi connectivity index (χ2n) is 5.59. The van der Waals surface area contributed by atoms with Crippen LogP contribution in [0.5, 0.6) is 5.75 Å². The van der Waals surface area contributed by atoms with Crippen molar-refractivity contribution in [3.63, 3.8) is 0 Å². The zero-order valence-corrected chi connectivity index (χ0v) is 15.7. The minimum Gasteiger partial charge on any atom is -0.497 e. The van der Waals surface area contributed by atoms with Gasteiger partial charge in [-0.2, -0.15) is 0 Å². The van der Waals surface area contributed by atoms with Crippen molar-refractivity contribution in [1.82, 2.24) is 10.2 Å². The first-order valence-electron chi connectivity index (χ1n) is 8.34. The van der Waals surface area contributed by atoms with E-state index in [1.165, 1.54) is 0 Å². The second kappa shape index (κ2) is 8.85. The molecule has 0 saturated heterocycles. The van der Waals surface area contributed by atoms with Crippen LogP contribution in [0.2, 0.25) is 0 Å². The maximum atomic E-state index is 12.4. The van der Waals surface area contributed by atoms with E-state index in [-0.39, 0.29) is 5.91 Å². The number of methoxy groups -OCH3 is 1. The summed E-state index contributed by atoms with van der Waals surface area (Å²) in [5.74, 6) is 0.844. The summed E-state index contributed by atoms with van der Waals surface area (Å²) in [4.78, 5) is 16.6.